The summed E-state index contributed by atoms with van der Waals surface area (Å²) < 4.78 is 0. The highest BCUT2D eigenvalue weighted by Gasteiger charge is 2.15. The highest BCUT2D eigenvalue weighted by molar-refractivity contribution is 7.80. The van der Waals surface area contributed by atoms with Crippen LogP contribution in [0, 0.1) is 0 Å². The van der Waals surface area contributed by atoms with Crippen molar-refractivity contribution >= 4 is 34.8 Å². The second-order valence-electron chi connectivity index (χ2n) is 7.51. The maximum Gasteiger partial charge on any atom is 0.257 e. The monoisotopic (exact) mass is 383 g/mol. The molecule has 0 heterocycles. The lowest BCUT2D eigenvalue weighted by Gasteiger charge is -2.19. The number of amides is 2. The Morgan fingerprint density at radius 1 is 0.889 bits per heavy atom. The van der Waals surface area contributed by atoms with Crippen molar-refractivity contribution < 1.29 is 9.59 Å². The Bertz CT molecular complexity index is 835. The molecule has 27 heavy (non-hydrogen) atoms. The molecule has 0 aliphatic heterocycles. The topological polar surface area (TPSA) is 61.4 Å². The second-order valence-corrected chi connectivity index (χ2v) is 7.92. The molecule has 2 aromatic rings. The van der Waals surface area contributed by atoms with Crippen LogP contribution in [0.15, 0.2) is 48.5 Å². The molecule has 0 aliphatic rings. The number of hydrogen-bond acceptors (Lipinski definition) is 3. The van der Waals surface area contributed by atoms with Gasteiger partial charge in [0.2, 0.25) is 0 Å². The molecule has 5 nitrogen and oxygen atoms in total. The number of hydrogen-bond donors (Lipinski definition) is 2. The molecule has 0 atom stereocenters. The summed E-state index contributed by atoms with van der Waals surface area (Å²) in [5.74, 6) is -0.344. The van der Waals surface area contributed by atoms with Crippen molar-refractivity contribution in [1.29, 1.82) is 0 Å². The molecular formula is C21H25N3O2S. The summed E-state index contributed by atoms with van der Waals surface area (Å²) in [6.07, 6.45) is 0. The first kappa shape index (κ1) is 20.6. The van der Waals surface area contributed by atoms with Gasteiger partial charge in [-0.25, -0.2) is 0 Å². The van der Waals surface area contributed by atoms with E-state index in [1.807, 2.05) is 12.1 Å². The van der Waals surface area contributed by atoms with Gasteiger partial charge in [-0.05, 0) is 59.6 Å². The number of carbonyl (C=O) groups excluding carboxylic acids is 2. The van der Waals surface area contributed by atoms with E-state index in [2.05, 4.69) is 31.4 Å². The zero-order chi connectivity index (χ0) is 20.2. The number of nitrogens with one attached hydrogen (secondary N) is 2. The molecule has 2 amide bonds. The molecule has 2 N–H and O–H groups in total. The lowest BCUT2D eigenvalue weighted by Crippen LogP contribution is -2.34. The van der Waals surface area contributed by atoms with Gasteiger partial charge in [-0.3, -0.25) is 14.9 Å². The molecule has 6 heteroatoms. The van der Waals surface area contributed by atoms with Gasteiger partial charge in [-0.1, -0.05) is 32.9 Å². The summed E-state index contributed by atoms with van der Waals surface area (Å²) in [7, 11) is 3.40. The van der Waals surface area contributed by atoms with Gasteiger partial charge in [0.15, 0.2) is 5.11 Å². The molecule has 0 fully saturated rings. The fourth-order valence-corrected chi connectivity index (χ4v) is 2.62. The van der Waals surface area contributed by atoms with Crippen molar-refractivity contribution in [3.63, 3.8) is 0 Å². The standard InChI is InChI=1S/C21H25N3O2S/c1-21(2,3)16-10-6-14(7-11-16)18(25)23-20(27)22-17-12-8-15(9-13-17)19(26)24(4)5/h6-13H,1-5H3,(H2,22,23,25,27). The van der Waals surface area contributed by atoms with Gasteiger partial charge in [0.1, 0.15) is 0 Å². The number of thiocarbonyl (C=S) groups is 1. The number of rotatable bonds is 3. The van der Waals surface area contributed by atoms with Gasteiger partial charge in [0.05, 0.1) is 0 Å². The third-order valence-corrected chi connectivity index (χ3v) is 4.24. The maximum absolute atomic E-state index is 12.3. The molecule has 2 rings (SSSR count). The van der Waals surface area contributed by atoms with E-state index in [4.69, 9.17) is 12.2 Å². The van der Waals surface area contributed by atoms with Crippen LogP contribution in [-0.4, -0.2) is 35.9 Å². The van der Waals surface area contributed by atoms with Gasteiger partial charge >= 0.3 is 0 Å². The molecule has 0 unspecified atom stereocenters. The highest BCUT2D eigenvalue weighted by atomic mass is 32.1. The second kappa shape index (κ2) is 8.31. The van der Waals surface area contributed by atoms with Crippen LogP contribution in [-0.2, 0) is 5.41 Å². The van der Waals surface area contributed by atoms with Gasteiger partial charge in [0.25, 0.3) is 11.8 Å². The first-order chi connectivity index (χ1) is 12.6. The van der Waals surface area contributed by atoms with Crippen LogP contribution in [0.2, 0.25) is 0 Å². The van der Waals surface area contributed by atoms with Gasteiger partial charge in [0, 0.05) is 30.9 Å². The fourth-order valence-electron chi connectivity index (χ4n) is 2.41. The molecule has 0 spiro atoms. The molecule has 0 bridgehead atoms. The molecule has 0 saturated heterocycles. The summed E-state index contributed by atoms with van der Waals surface area (Å²) in [6.45, 7) is 6.37. The molecular weight excluding hydrogens is 358 g/mol. The molecule has 0 radical (unpaired) electrons. The van der Waals surface area contributed by atoms with Crippen LogP contribution in [0.25, 0.3) is 0 Å². The minimum atomic E-state index is -0.271. The van der Waals surface area contributed by atoms with Crippen molar-refractivity contribution in [2.24, 2.45) is 0 Å². The molecule has 2 aromatic carbocycles. The number of carbonyl (C=O) groups is 2. The Kier molecular flexibility index (Phi) is 6.33. The highest BCUT2D eigenvalue weighted by Crippen LogP contribution is 2.22. The SMILES string of the molecule is CN(C)C(=O)c1ccc(NC(=S)NC(=O)c2ccc(C(C)(C)C)cc2)cc1. The average molecular weight is 384 g/mol. The van der Waals surface area contributed by atoms with Crippen molar-refractivity contribution in [2.75, 3.05) is 19.4 Å². The van der Waals surface area contributed by atoms with Crippen molar-refractivity contribution in [2.45, 2.75) is 26.2 Å². The van der Waals surface area contributed by atoms with Gasteiger partial charge in [-0.15, -0.1) is 0 Å². The number of nitrogens with zero attached hydrogens (tertiary/aromatic N) is 1. The van der Waals surface area contributed by atoms with Gasteiger partial charge in [-0.2, -0.15) is 0 Å². The Morgan fingerprint density at radius 2 is 1.41 bits per heavy atom. The van der Waals surface area contributed by atoms with Crippen molar-refractivity contribution in [1.82, 2.24) is 10.2 Å². The number of anilines is 1. The van der Waals surface area contributed by atoms with E-state index >= 15 is 0 Å². The summed E-state index contributed by atoms with van der Waals surface area (Å²) >= 11 is 5.21. The van der Waals surface area contributed by atoms with Crippen LogP contribution in [0.1, 0.15) is 47.1 Å². The van der Waals surface area contributed by atoms with Crippen molar-refractivity contribution in [3.05, 3.63) is 65.2 Å². The zero-order valence-corrected chi connectivity index (χ0v) is 17.1. The Balaban J connectivity index is 1.97. The Morgan fingerprint density at radius 3 is 1.89 bits per heavy atom. The average Bonchev–Trinajstić information content (AvgIpc) is 2.61. The van der Waals surface area contributed by atoms with E-state index in [0.29, 0.717) is 16.8 Å². The van der Waals surface area contributed by atoms with E-state index in [0.717, 1.165) is 5.56 Å². The maximum atomic E-state index is 12.3. The number of benzene rings is 2. The van der Waals surface area contributed by atoms with Crippen LogP contribution in [0.5, 0.6) is 0 Å². The summed E-state index contributed by atoms with van der Waals surface area (Å²) in [5, 5.41) is 5.81. The van der Waals surface area contributed by atoms with E-state index in [1.54, 1.807) is 50.5 Å². The quantitative estimate of drug-likeness (QED) is 0.791. The predicted octanol–water partition coefficient (Wildman–Crippen LogP) is 3.81. The largest absolute Gasteiger partial charge is 0.345 e. The summed E-state index contributed by atoms with van der Waals surface area (Å²) in [6, 6.07) is 14.4. The van der Waals surface area contributed by atoms with Crippen LogP contribution in [0.4, 0.5) is 5.69 Å². The van der Waals surface area contributed by atoms with Crippen LogP contribution in [0.3, 0.4) is 0 Å². The summed E-state index contributed by atoms with van der Waals surface area (Å²) in [4.78, 5) is 25.7. The van der Waals surface area contributed by atoms with Gasteiger partial charge < -0.3 is 10.2 Å². The Hall–Kier alpha value is -2.73. The third-order valence-electron chi connectivity index (χ3n) is 4.04. The normalized spacial score (nSPS) is 10.9. The first-order valence-corrected chi connectivity index (χ1v) is 9.03. The molecule has 0 aromatic heterocycles. The lowest BCUT2D eigenvalue weighted by atomic mass is 9.87. The van der Waals surface area contributed by atoms with Crippen LogP contribution >= 0.6 is 12.2 Å². The third kappa shape index (κ3) is 5.62. The first-order valence-electron chi connectivity index (χ1n) is 8.62. The van der Waals surface area contributed by atoms with E-state index in [1.165, 1.54) is 4.90 Å². The van der Waals surface area contributed by atoms with E-state index in [9.17, 15) is 9.59 Å². The van der Waals surface area contributed by atoms with Crippen LogP contribution < -0.4 is 10.6 Å². The molecule has 142 valence electrons. The fraction of sp³-hybridized carbons (Fsp3) is 0.286. The minimum Gasteiger partial charge on any atom is -0.345 e. The summed E-state index contributed by atoms with van der Waals surface area (Å²) in [5.41, 5.74) is 3.01. The predicted molar refractivity (Wildman–Crippen MR) is 113 cm³/mol. The van der Waals surface area contributed by atoms with E-state index < -0.39 is 0 Å². The Labute approximate surface area is 165 Å². The van der Waals surface area contributed by atoms with E-state index in [-0.39, 0.29) is 22.3 Å². The molecule has 0 aliphatic carbocycles. The van der Waals surface area contributed by atoms with Crippen molar-refractivity contribution in [3.8, 4) is 0 Å². The zero-order valence-electron chi connectivity index (χ0n) is 16.3. The smallest absolute Gasteiger partial charge is 0.257 e. The minimum absolute atomic E-state index is 0.0337. The molecule has 0 saturated carbocycles. The lowest BCUT2D eigenvalue weighted by molar-refractivity contribution is 0.0827.